The summed E-state index contributed by atoms with van der Waals surface area (Å²) in [6.07, 6.45) is 5.78. The summed E-state index contributed by atoms with van der Waals surface area (Å²) in [6, 6.07) is 0.0744. The number of nitrogens with two attached hydrogens (primary N) is 1. The van der Waals surface area contributed by atoms with Gasteiger partial charge in [-0.15, -0.1) is 0 Å². The van der Waals surface area contributed by atoms with Gasteiger partial charge in [0.15, 0.2) is 0 Å². The fraction of sp³-hybridized carbons (Fsp3) is 0.667. The van der Waals surface area contributed by atoms with Crippen molar-refractivity contribution >= 4 is 0 Å². The van der Waals surface area contributed by atoms with Crippen molar-refractivity contribution in [1.82, 2.24) is 15.4 Å². The Kier molecular flexibility index (Phi) is 3.13. The van der Waals surface area contributed by atoms with Gasteiger partial charge in [0.1, 0.15) is 5.82 Å². The minimum Gasteiger partial charge on any atom is -0.381 e. The van der Waals surface area contributed by atoms with Crippen LogP contribution in [0.4, 0.5) is 0 Å². The summed E-state index contributed by atoms with van der Waals surface area (Å²) >= 11 is 0. The van der Waals surface area contributed by atoms with Crippen molar-refractivity contribution in [2.75, 3.05) is 13.2 Å². The zero-order valence-electron chi connectivity index (χ0n) is 8.07. The molecule has 2 rings (SSSR count). The van der Waals surface area contributed by atoms with Crippen molar-refractivity contribution in [3.8, 4) is 0 Å². The van der Waals surface area contributed by atoms with Gasteiger partial charge in [-0.1, -0.05) is 0 Å². The predicted molar refractivity (Wildman–Crippen MR) is 52.2 cm³/mol. The van der Waals surface area contributed by atoms with Gasteiger partial charge in [0.2, 0.25) is 0 Å². The molecule has 4 N–H and O–H groups in total. The van der Waals surface area contributed by atoms with Crippen LogP contribution in [0.25, 0.3) is 0 Å². The highest BCUT2D eigenvalue weighted by Crippen LogP contribution is 2.25. The first-order valence-electron chi connectivity index (χ1n) is 4.95. The summed E-state index contributed by atoms with van der Waals surface area (Å²) in [5.74, 6) is 6.84. The second-order valence-corrected chi connectivity index (χ2v) is 3.60. The second-order valence-electron chi connectivity index (χ2n) is 3.60. The maximum absolute atomic E-state index is 5.53. The third-order valence-electron chi connectivity index (χ3n) is 2.66. The highest BCUT2D eigenvalue weighted by atomic mass is 16.5. The third-order valence-corrected chi connectivity index (χ3v) is 2.66. The zero-order chi connectivity index (χ0) is 9.80. The van der Waals surface area contributed by atoms with E-state index in [-0.39, 0.29) is 6.04 Å². The number of hydrazine groups is 1. The van der Waals surface area contributed by atoms with Crippen LogP contribution in [-0.4, -0.2) is 23.2 Å². The number of aromatic nitrogens is 2. The van der Waals surface area contributed by atoms with Gasteiger partial charge in [-0.05, 0) is 12.8 Å². The minimum atomic E-state index is 0.0744. The first-order chi connectivity index (χ1) is 6.92. The number of rotatable bonds is 3. The Bertz CT molecular complexity index is 256. The van der Waals surface area contributed by atoms with Gasteiger partial charge in [-0.3, -0.25) is 5.84 Å². The number of hydrogen-bond acceptors (Lipinski definition) is 4. The smallest absolute Gasteiger partial charge is 0.124 e. The molecule has 5 nitrogen and oxygen atoms in total. The zero-order valence-corrected chi connectivity index (χ0v) is 8.07. The van der Waals surface area contributed by atoms with Crippen molar-refractivity contribution in [2.45, 2.75) is 18.9 Å². The summed E-state index contributed by atoms with van der Waals surface area (Å²) in [4.78, 5) is 7.29. The summed E-state index contributed by atoms with van der Waals surface area (Å²) in [6.45, 7) is 1.63. The van der Waals surface area contributed by atoms with Gasteiger partial charge >= 0.3 is 0 Å². The summed E-state index contributed by atoms with van der Waals surface area (Å²) < 4.78 is 5.43. The molecule has 14 heavy (non-hydrogen) atoms. The average molecular weight is 196 g/mol. The first kappa shape index (κ1) is 9.64. The Morgan fingerprint density at radius 1 is 1.71 bits per heavy atom. The van der Waals surface area contributed by atoms with Crippen molar-refractivity contribution < 1.29 is 4.74 Å². The highest BCUT2D eigenvalue weighted by molar-refractivity contribution is 4.98. The Morgan fingerprint density at radius 3 is 3.21 bits per heavy atom. The Balaban J connectivity index is 2.04. The molecule has 0 amide bonds. The topological polar surface area (TPSA) is 76.0 Å². The fourth-order valence-corrected chi connectivity index (χ4v) is 1.91. The molecule has 2 unspecified atom stereocenters. The summed E-state index contributed by atoms with van der Waals surface area (Å²) in [5, 5.41) is 0. The third kappa shape index (κ3) is 1.95. The number of ether oxygens (including phenoxy) is 1. The molecule has 5 heteroatoms. The van der Waals surface area contributed by atoms with E-state index in [1.165, 1.54) is 0 Å². The molecule has 0 aromatic carbocycles. The normalized spacial score (nSPS) is 24.8. The largest absolute Gasteiger partial charge is 0.381 e. The summed E-state index contributed by atoms with van der Waals surface area (Å²) in [5.41, 5.74) is 2.80. The molecule has 0 saturated carbocycles. The summed E-state index contributed by atoms with van der Waals surface area (Å²) in [7, 11) is 0. The predicted octanol–water partition coefficient (Wildman–Crippen LogP) is 0.341. The van der Waals surface area contributed by atoms with Crippen LogP contribution < -0.4 is 11.3 Å². The molecule has 2 atom stereocenters. The monoisotopic (exact) mass is 196 g/mol. The first-order valence-corrected chi connectivity index (χ1v) is 4.95. The Hall–Kier alpha value is -0.910. The molecule has 1 aliphatic rings. The lowest BCUT2D eigenvalue weighted by Gasteiger charge is -2.28. The lowest BCUT2D eigenvalue weighted by Crippen LogP contribution is -2.37. The van der Waals surface area contributed by atoms with E-state index in [9.17, 15) is 0 Å². The molecule has 0 radical (unpaired) electrons. The molecule has 0 aliphatic carbocycles. The van der Waals surface area contributed by atoms with E-state index in [1.54, 1.807) is 6.20 Å². The molecule has 1 fully saturated rings. The number of aromatic amines is 1. The average Bonchev–Trinajstić information content (AvgIpc) is 2.74. The SMILES string of the molecule is NNC(c1ncc[nH]1)C1CCCOC1. The second kappa shape index (κ2) is 4.54. The molecule has 1 aromatic rings. The molecule has 1 aromatic heterocycles. The molecule has 78 valence electrons. The molecular weight excluding hydrogens is 180 g/mol. The number of H-pyrrole nitrogens is 1. The van der Waals surface area contributed by atoms with E-state index in [4.69, 9.17) is 10.6 Å². The van der Waals surface area contributed by atoms with Crippen molar-refractivity contribution in [1.29, 1.82) is 0 Å². The van der Waals surface area contributed by atoms with Crippen LogP contribution in [0.2, 0.25) is 0 Å². The van der Waals surface area contributed by atoms with Gasteiger partial charge in [0, 0.05) is 24.9 Å². The lowest BCUT2D eigenvalue weighted by atomic mass is 9.94. The Morgan fingerprint density at radius 2 is 2.64 bits per heavy atom. The number of nitrogens with zero attached hydrogens (tertiary/aromatic N) is 1. The minimum absolute atomic E-state index is 0.0744. The molecule has 0 spiro atoms. The van der Waals surface area contributed by atoms with E-state index >= 15 is 0 Å². The molecule has 1 aliphatic heterocycles. The number of hydrogen-bond donors (Lipinski definition) is 3. The number of imidazole rings is 1. The molecular formula is C9H16N4O. The quantitative estimate of drug-likeness (QED) is 0.481. The van der Waals surface area contributed by atoms with Crippen molar-refractivity contribution in [3.63, 3.8) is 0 Å². The van der Waals surface area contributed by atoms with Crippen LogP contribution in [-0.2, 0) is 4.74 Å². The van der Waals surface area contributed by atoms with E-state index in [0.717, 1.165) is 31.9 Å². The molecule has 0 bridgehead atoms. The van der Waals surface area contributed by atoms with Gasteiger partial charge in [0.25, 0.3) is 0 Å². The van der Waals surface area contributed by atoms with Crippen molar-refractivity contribution in [2.24, 2.45) is 11.8 Å². The fourth-order valence-electron chi connectivity index (χ4n) is 1.91. The van der Waals surface area contributed by atoms with E-state index in [1.807, 2.05) is 6.20 Å². The van der Waals surface area contributed by atoms with Crippen LogP contribution in [0.5, 0.6) is 0 Å². The standard InChI is InChI=1S/C9H16N4O/c10-13-8(9-11-3-4-12-9)7-2-1-5-14-6-7/h3-4,7-8,13H,1-2,5-6,10H2,(H,11,12). The van der Waals surface area contributed by atoms with Gasteiger partial charge in [0.05, 0.1) is 12.6 Å². The van der Waals surface area contributed by atoms with Crippen LogP contribution in [0.15, 0.2) is 12.4 Å². The Labute approximate surface area is 83.0 Å². The van der Waals surface area contributed by atoms with Crippen LogP contribution >= 0.6 is 0 Å². The molecule has 1 saturated heterocycles. The van der Waals surface area contributed by atoms with Crippen LogP contribution in [0, 0.1) is 5.92 Å². The van der Waals surface area contributed by atoms with E-state index in [2.05, 4.69) is 15.4 Å². The van der Waals surface area contributed by atoms with Gasteiger partial charge in [-0.2, -0.15) is 0 Å². The van der Waals surface area contributed by atoms with Gasteiger partial charge in [-0.25, -0.2) is 10.4 Å². The van der Waals surface area contributed by atoms with Crippen LogP contribution in [0.1, 0.15) is 24.7 Å². The van der Waals surface area contributed by atoms with E-state index in [0.29, 0.717) is 5.92 Å². The highest BCUT2D eigenvalue weighted by Gasteiger charge is 2.26. The maximum Gasteiger partial charge on any atom is 0.124 e. The maximum atomic E-state index is 5.53. The van der Waals surface area contributed by atoms with Crippen LogP contribution in [0.3, 0.4) is 0 Å². The number of nitrogens with one attached hydrogen (secondary N) is 2. The van der Waals surface area contributed by atoms with Gasteiger partial charge < -0.3 is 9.72 Å². The van der Waals surface area contributed by atoms with E-state index < -0.39 is 0 Å². The molecule has 2 heterocycles. The van der Waals surface area contributed by atoms with Crippen molar-refractivity contribution in [3.05, 3.63) is 18.2 Å². The lowest BCUT2D eigenvalue weighted by molar-refractivity contribution is 0.0378.